The summed E-state index contributed by atoms with van der Waals surface area (Å²) in [7, 11) is 1.88. The molecular formula is C17H16N4O2. The van der Waals surface area contributed by atoms with Gasteiger partial charge in [-0.3, -0.25) is 14.6 Å². The molecule has 0 unspecified atom stereocenters. The second kappa shape index (κ2) is 6.41. The lowest BCUT2D eigenvalue weighted by Crippen LogP contribution is -1.90. The summed E-state index contributed by atoms with van der Waals surface area (Å²) in [6, 6.07) is 15.4. The number of carbonyl (C=O) groups excluding carboxylic acids is 1. The molecule has 0 radical (unpaired) electrons. The number of aldehydes is 1. The van der Waals surface area contributed by atoms with Crippen molar-refractivity contribution in [2.24, 2.45) is 7.05 Å². The van der Waals surface area contributed by atoms with Gasteiger partial charge in [0.25, 0.3) is 0 Å². The van der Waals surface area contributed by atoms with E-state index in [4.69, 9.17) is 5.11 Å². The van der Waals surface area contributed by atoms with Crippen molar-refractivity contribution in [3.63, 3.8) is 0 Å². The maximum Gasteiger partial charge on any atom is 0.170 e. The monoisotopic (exact) mass is 308 g/mol. The van der Waals surface area contributed by atoms with E-state index in [0.717, 1.165) is 33.8 Å². The number of nitrogens with one attached hydrogen (secondary N) is 1. The van der Waals surface area contributed by atoms with E-state index in [9.17, 15) is 4.79 Å². The Bertz CT molecular complexity index is 955. The molecule has 0 atom stereocenters. The minimum Gasteiger partial charge on any atom is -0.390 e. The summed E-state index contributed by atoms with van der Waals surface area (Å²) in [5.74, 6) is 0. The second-order valence-corrected chi connectivity index (χ2v) is 5.02. The Labute approximate surface area is 132 Å². The first kappa shape index (κ1) is 14.9. The molecular weight excluding hydrogens is 292 g/mol. The molecule has 4 aromatic rings. The van der Waals surface area contributed by atoms with E-state index < -0.39 is 0 Å². The molecule has 2 aromatic carbocycles. The van der Waals surface area contributed by atoms with Crippen molar-refractivity contribution in [3.8, 4) is 0 Å². The van der Waals surface area contributed by atoms with Crippen LogP contribution in [0.4, 0.5) is 0 Å². The predicted octanol–water partition coefficient (Wildman–Crippen LogP) is 2.44. The standard InChI is InChI=1S/C9H10N2O.C8H6N2O/c1-11-9-5-3-2-4-7(9)8(6-12)10-11;11-5-8-6-3-1-2-4-7(6)9-10-8/h2-5,12H,6H2,1H3;1-5H,(H,9,10). The van der Waals surface area contributed by atoms with Gasteiger partial charge in [-0.1, -0.05) is 36.4 Å². The van der Waals surface area contributed by atoms with Crippen LogP contribution in [0.5, 0.6) is 0 Å². The SMILES string of the molecule is Cn1nc(CO)c2ccccc21.O=Cc1n[nH]c2ccccc12. The molecule has 6 nitrogen and oxygen atoms in total. The van der Waals surface area contributed by atoms with E-state index in [2.05, 4.69) is 15.3 Å². The number of carbonyl (C=O) groups is 1. The number of hydrogen-bond acceptors (Lipinski definition) is 4. The molecule has 2 aromatic heterocycles. The molecule has 0 aliphatic carbocycles. The predicted molar refractivity (Wildman–Crippen MR) is 88.1 cm³/mol. The Hall–Kier alpha value is -2.99. The highest BCUT2D eigenvalue weighted by Crippen LogP contribution is 2.16. The minimum atomic E-state index is 0.00134. The van der Waals surface area contributed by atoms with Gasteiger partial charge in [0.15, 0.2) is 6.29 Å². The van der Waals surface area contributed by atoms with E-state index in [-0.39, 0.29) is 6.61 Å². The number of nitrogens with zero attached hydrogens (tertiary/aromatic N) is 3. The summed E-state index contributed by atoms with van der Waals surface area (Å²) >= 11 is 0. The lowest BCUT2D eigenvalue weighted by Gasteiger charge is -1.90. The van der Waals surface area contributed by atoms with Crippen LogP contribution in [-0.2, 0) is 13.7 Å². The second-order valence-electron chi connectivity index (χ2n) is 5.02. The average molecular weight is 308 g/mol. The molecule has 0 spiro atoms. The van der Waals surface area contributed by atoms with Crippen LogP contribution in [0.15, 0.2) is 48.5 Å². The Morgan fingerprint density at radius 3 is 2.57 bits per heavy atom. The number of aliphatic hydroxyl groups is 1. The zero-order valence-corrected chi connectivity index (χ0v) is 12.6. The highest BCUT2D eigenvalue weighted by atomic mass is 16.3. The Kier molecular flexibility index (Phi) is 4.16. The molecule has 0 amide bonds. The smallest absolute Gasteiger partial charge is 0.170 e. The molecule has 116 valence electrons. The molecule has 23 heavy (non-hydrogen) atoms. The Morgan fingerprint density at radius 1 is 1.13 bits per heavy atom. The van der Waals surface area contributed by atoms with Gasteiger partial charge in [-0.2, -0.15) is 10.2 Å². The van der Waals surface area contributed by atoms with Crippen molar-refractivity contribution in [3.05, 3.63) is 59.9 Å². The third-order valence-corrected chi connectivity index (χ3v) is 3.60. The lowest BCUT2D eigenvalue weighted by molar-refractivity contribution is 0.112. The number of aromatic nitrogens is 4. The third kappa shape index (κ3) is 2.84. The van der Waals surface area contributed by atoms with Crippen LogP contribution in [0.2, 0.25) is 0 Å². The average Bonchev–Trinajstić information content (AvgIpc) is 3.17. The third-order valence-electron chi connectivity index (χ3n) is 3.60. The fourth-order valence-electron chi connectivity index (χ4n) is 2.48. The lowest BCUT2D eigenvalue weighted by atomic mass is 10.2. The number of H-pyrrole nitrogens is 1. The molecule has 0 fully saturated rings. The molecule has 0 aliphatic heterocycles. The van der Waals surface area contributed by atoms with Crippen molar-refractivity contribution >= 4 is 28.1 Å². The largest absolute Gasteiger partial charge is 0.390 e. The summed E-state index contributed by atoms with van der Waals surface area (Å²) < 4.78 is 1.78. The topological polar surface area (TPSA) is 83.8 Å². The number of benzene rings is 2. The van der Waals surface area contributed by atoms with Gasteiger partial charge in [0, 0.05) is 17.8 Å². The summed E-state index contributed by atoms with van der Waals surface area (Å²) in [6.07, 6.45) is 0.749. The fourth-order valence-corrected chi connectivity index (χ4v) is 2.48. The molecule has 4 rings (SSSR count). The number of aromatic amines is 1. The first-order chi connectivity index (χ1) is 11.2. The quantitative estimate of drug-likeness (QED) is 0.557. The van der Waals surface area contributed by atoms with Crippen molar-refractivity contribution in [2.75, 3.05) is 0 Å². The van der Waals surface area contributed by atoms with Crippen molar-refractivity contribution in [2.45, 2.75) is 6.61 Å². The summed E-state index contributed by atoms with van der Waals surface area (Å²) in [4.78, 5) is 10.4. The van der Waals surface area contributed by atoms with Gasteiger partial charge >= 0.3 is 0 Å². The van der Waals surface area contributed by atoms with Crippen molar-refractivity contribution in [1.29, 1.82) is 0 Å². The molecule has 6 heteroatoms. The Morgan fingerprint density at radius 2 is 1.83 bits per heavy atom. The van der Waals surface area contributed by atoms with Gasteiger partial charge in [-0.15, -0.1) is 0 Å². The number of fused-ring (bicyclic) bond motifs is 2. The molecule has 0 saturated heterocycles. The number of rotatable bonds is 2. The maximum absolute atomic E-state index is 10.4. The van der Waals surface area contributed by atoms with Gasteiger partial charge in [0.1, 0.15) is 5.69 Å². The van der Waals surface area contributed by atoms with Crippen LogP contribution in [0.25, 0.3) is 21.8 Å². The van der Waals surface area contributed by atoms with E-state index in [1.54, 1.807) is 4.68 Å². The number of hydrogen-bond donors (Lipinski definition) is 2. The van der Waals surface area contributed by atoms with Crippen molar-refractivity contribution < 1.29 is 9.90 Å². The van der Waals surface area contributed by atoms with E-state index in [1.165, 1.54) is 0 Å². The number of aliphatic hydroxyl groups excluding tert-OH is 1. The fraction of sp³-hybridized carbons (Fsp3) is 0.118. The van der Waals surface area contributed by atoms with Gasteiger partial charge in [0.05, 0.1) is 23.3 Å². The van der Waals surface area contributed by atoms with E-state index in [1.807, 2.05) is 55.6 Å². The molecule has 2 N–H and O–H groups in total. The first-order valence-electron chi connectivity index (χ1n) is 7.14. The highest BCUT2D eigenvalue weighted by molar-refractivity contribution is 5.94. The number of para-hydroxylation sites is 2. The van der Waals surface area contributed by atoms with E-state index in [0.29, 0.717) is 5.69 Å². The maximum atomic E-state index is 10.4. The normalized spacial score (nSPS) is 10.5. The summed E-state index contributed by atoms with van der Waals surface area (Å²) in [5.41, 5.74) is 3.17. The first-order valence-corrected chi connectivity index (χ1v) is 7.14. The summed E-state index contributed by atoms with van der Waals surface area (Å²) in [6.45, 7) is 0.00134. The highest BCUT2D eigenvalue weighted by Gasteiger charge is 2.04. The zero-order chi connectivity index (χ0) is 16.2. The molecule has 0 bridgehead atoms. The van der Waals surface area contributed by atoms with Gasteiger partial charge in [0.2, 0.25) is 0 Å². The zero-order valence-electron chi connectivity index (χ0n) is 12.6. The van der Waals surface area contributed by atoms with Crippen LogP contribution in [0, 0.1) is 0 Å². The summed E-state index contributed by atoms with van der Waals surface area (Å²) in [5, 5.41) is 21.6. The van der Waals surface area contributed by atoms with Crippen LogP contribution in [0.1, 0.15) is 16.2 Å². The van der Waals surface area contributed by atoms with Crippen LogP contribution < -0.4 is 0 Å². The molecule has 0 aliphatic rings. The van der Waals surface area contributed by atoms with Gasteiger partial charge in [-0.25, -0.2) is 0 Å². The van der Waals surface area contributed by atoms with E-state index >= 15 is 0 Å². The minimum absolute atomic E-state index is 0.00134. The Balaban J connectivity index is 0.000000136. The molecule has 0 saturated carbocycles. The van der Waals surface area contributed by atoms with Crippen LogP contribution >= 0.6 is 0 Å². The van der Waals surface area contributed by atoms with Crippen LogP contribution in [-0.4, -0.2) is 31.4 Å². The van der Waals surface area contributed by atoms with Gasteiger partial charge < -0.3 is 5.11 Å². The molecule has 2 heterocycles. The van der Waals surface area contributed by atoms with Gasteiger partial charge in [-0.05, 0) is 12.1 Å². The number of aryl methyl sites for hydroxylation is 1. The van der Waals surface area contributed by atoms with Crippen LogP contribution in [0.3, 0.4) is 0 Å². The van der Waals surface area contributed by atoms with Crippen molar-refractivity contribution in [1.82, 2.24) is 20.0 Å².